The van der Waals surface area contributed by atoms with Crippen molar-refractivity contribution in [2.24, 2.45) is 0 Å². The number of fused-ring (bicyclic) bond motifs is 1. The van der Waals surface area contributed by atoms with E-state index in [1.54, 1.807) is 21.1 Å². The van der Waals surface area contributed by atoms with Gasteiger partial charge in [-0.15, -0.1) is 0 Å². The summed E-state index contributed by atoms with van der Waals surface area (Å²) in [7, 11) is 3.50. The van der Waals surface area contributed by atoms with Crippen LogP contribution in [0.15, 0.2) is 42.5 Å². The topological polar surface area (TPSA) is 90.9 Å². The van der Waals surface area contributed by atoms with Gasteiger partial charge in [0.15, 0.2) is 0 Å². The minimum atomic E-state index is -0.530. The predicted octanol–water partition coefficient (Wildman–Crippen LogP) is 3.66. The third-order valence-corrected chi connectivity index (χ3v) is 8.51. The van der Waals surface area contributed by atoms with Crippen molar-refractivity contribution in [3.05, 3.63) is 59.2 Å². The Balaban J connectivity index is 1.25. The lowest BCUT2D eigenvalue weighted by Crippen LogP contribution is -2.51. The molecule has 0 amide bonds. The number of piperidine rings is 1. The van der Waals surface area contributed by atoms with Crippen molar-refractivity contribution >= 4 is 5.69 Å². The van der Waals surface area contributed by atoms with Crippen molar-refractivity contribution in [2.45, 2.75) is 69.2 Å². The summed E-state index contributed by atoms with van der Waals surface area (Å²) < 4.78 is 35.6. The maximum absolute atomic E-state index is 9.92. The highest BCUT2D eigenvalue weighted by molar-refractivity contribution is 5.61. The Hall–Kier alpha value is -2.24. The molecule has 1 aliphatic carbocycles. The fraction of sp³-hybridized carbons (Fsp3) is 0.636. The first-order valence-electron chi connectivity index (χ1n) is 15.3. The van der Waals surface area contributed by atoms with Crippen LogP contribution in [0.25, 0.3) is 0 Å². The summed E-state index contributed by atoms with van der Waals surface area (Å²) >= 11 is 0. The smallest absolute Gasteiger partial charge is 0.142 e. The van der Waals surface area contributed by atoms with Crippen LogP contribution in [0.1, 0.15) is 48.8 Å². The van der Waals surface area contributed by atoms with Gasteiger partial charge in [0.1, 0.15) is 12.4 Å². The molecule has 2 fully saturated rings. The van der Waals surface area contributed by atoms with E-state index in [2.05, 4.69) is 52.7 Å². The lowest BCUT2D eigenvalue weighted by molar-refractivity contribution is -0.0752. The highest BCUT2D eigenvalue weighted by Gasteiger charge is 2.43. The summed E-state index contributed by atoms with van der Waals surface area (Å²) in [5.41, 5.74) is 4.45. The fourth-order valence-corrected chi connectivity index (χ4v) is 5.86. The van der Waals surface area contributed by atoms with Gasteiger partial charge in [-0.05, 0) is 55.0 Å². The molecule has 0 radical (unpaired) electrons. The Morgan fingerprint density at radius 1 is 1.02 bits per heavy atom. The van der Waals surface area contributed by atoms with E-state index in [1.165, 1.54) is 5.56 Å². The molecular formula is C33H48N2O7. The van der Waals surface area contributed by atoms with E-state index < -0.39 is 6.10 Å². The Labute approximate surface area is 250 Å². The first-order chi connectivity index (χ1) is 20.5. The molecule has 42 heavy (non-hydrogen) atoms. The number of nitrogens with zero attached hydrogens (tertiary/aromatic N) is 1. The molecule has 3 aliphatic rings. The molecule has 9 heteroatoms. The zero-order valence-corrected chi connectivity index (χ0v) is 25.4. The Bertz CT molecular complexity index is 1110. The van der Waals surface area contributed by atoms with E-state index in [0.717, 1.165) is 68.1 Å². The second-order valence-corrected chi connectivity index (χ2v) is 11.9. The average molecular weight is 585 g/mol. The zero-order chi connectivity index (χ0) is 29.4. The van der Waals surface area contributed by atoms with Gasteiger partial charge in [0, 0.05) is 46.4 Å². The van der Waals surface area contributed by atoms with E-state index in [0.29, 0.717) is 33.0 Å². The summed E-state index contributed by atoms with van der Waals surface area (Å²) in [5.74, 6) is 0.944. The zero-order valence-electron chi connectivity index (χ0n) is 25.4. The van der Waals surface area contributed by atoms with Crippen LogP contribution in [0, 0.1) is 0 Å². The maximum Gasteiger partial charge on any atom is 0.142 e. The first-order valence-corrected chi connectivity index (χ1v) is 15.3. The van der Waals surface area contributed by atoms with E-state index in [1.807, 2.05) is 0 Å². The standard InChI is InChI=1S/C33H48N2O7/c1-24(36)20-41-30-18-34-19-31(32(30)27-8-5-25(6-9-27)21-39-23-33(38-3)11-12-33)42-22-26-7-10-29-28(17-26)35(14-16-40-29)13-4-15-37-2/h5-10,17,24,30-32,34,36H,4,11-16,18-23H2,1-3H3/t24-,30-,31+,32?/m1/s1. The van der Waals surface area contributed by atoms with Gasteiger partial charge in [0.25, 0.3) is 0 Å². The fourth-order valence-electron chi connectivity index (χ4n) is 5.86. The molecule has 1 unspecified atom stereocenters. The van der Waals surface area contributed by atoms with Crippen molar-refractivity contribution in [1.82, 2.24) is 5.32 Å². The Kier molecular flexibility index (Phi) is 11.1. The number of ether oxygens (including phenoxy) is 6. The molecule has 5 rings (SSSR count). The number of anilines is 1. The van der Waals surface area contributed by atoms with Gasteiger partial charge in [-0.2, -0.15) is 0 Å². The molecule has 2 heterocycles. The van der Waals surface area contributed by atoms with Crippen LogP contribution in [-0.2, 0) is 36.9 Å². The van der Waals surface area contributed by atoms with Crippen LogP contribution < -0.4 is 15.0 Å². The molecule has 2 aliphatic heterocycles. The number of benzene rings is 2. The normalized spacial score (nSPS) is 23.7. The molecule has 1 saturated carbocycles. The molecule has 0 aromatic heterocycles. The highest BCUT2D eigenvalue weighted by Crippen LogP contribution is 2.39. The average Bonchev–Trinajstić information content (AvgIpc) is 3.80. The first kappa shape index (κ1) is 31.2. The van der Waals surface area contributed by atoms with E-state index in [4.69, 9.17) is 28.4 Å². The number of aliphatic hydroxyl groups is 1. The second kappa shape index (κ2) is 15.0. The monoisotopic (exact) mass is 584 g/mol. The summed E-state index contributed by atoms with van der Waals surface area (Å²) in [6.07, 6.45) is 2.36. The third-order valence-electron chi connectivity index (χ3n) is 8.51. The van der Waals surface area contributed by atoms with Gasteiger partial charge >= 0.3 is 0 Å². The van der Waals surface area contributed by atoms with E-state index >= 15 is 0 Å². The van der Waals surface area contributed by atoms with Gasteiger partial charge < -0.3 is 43.7 Å². The minimum Gasteiger partial charge on any atom is -0.490 e. The third kappa shape index (κ3) is 8.23. The molecule has 2 aromatic rings. The van der Waals surface area contributed by atoms with Crippen LogP contribution in [0.2, 0.25) is 0 Å². The van der Waals surface area contributed by atoms with Gasteiger partial charge in [-0.3, -0.25) is 0 Å². The summed E-state index contributed by atoms with van der Waals surface area (Å²) in [6, 6.07) is 14.9. The van der Waals surface area contributed by atoms with E-state index in [-0.39, 0.29) is 30.3 Å². The number of rotatable bonds is 16. The quantitative estimate of drug-likeness (QED) is 0.287. The summed E-state index contributed by atoms with van der Waals surface area (Å²) in [4.78, 5) is 2.37. The number of methoxy groups -OCH3 is 2. The van der Waals surface area contributed by atoms with Crippen molar-refractivity contribution < 1.29 is 33.5 Å². The van der Waals surface area contributed by atoms with Crippen LogP contribution in [0.4, 0.5) is 5.69 Å². The van der Waals surface area contributed by atoms with Crippen molar-refractivity contribution in [2.75, 3.05) is 71.7 Å². The molecule has 232 valence electrons. The Morgan fingerprint density at radius 2 is 1.79 bits per heavy atom. The molecule has 2 N–H and O–H groups in total. The molecule has 0 spiro atoms. The summed E-state index contributed by atoms with van der Waals surface area (Å²) in [6.45, 7) is 8.37. The minimum absolute atomic E-state index is 0.0229. The van der Waals surface area contributed by atoms with Gasteiger partial charge in [-0.1, -0.05) is 30.3 Å². The summed E-state index contributed by atoms with van der Waals surface area (Å²) in [5, 5.41) is 13.4. The molecule has 9 nitrogen and oxygen atoms in total. The number of nitrogens with one attached hydrogen (secondary N) is 1. The maximum atomic E-state index is 9.92. The SMILES string of the molecule is COCCCN1CCOc2ccc(CO[C@H]3CNC[C@@H](OC[C@@H](C)O)C3c3ccc(COCC4(OC)CC4)cc3)cc21. The van der Waals surface area contributed by atoms with Gasteiger partial charge in [0.2, 0.25) is 0 Å². The predicted molar refractivity (Wildman–Crippen MR) is 161 cm³/mol. The molecule has 1 saturated heterocycles. The van der Waals surface area contributed by atoms with Gasteiger partial charge in [0.05, 0.1) is 62.6 Å². The van der Waals surface area contributed by atoms with Crippen LogP contribution >= 0.6 is 0 Å². The van der Waals surface area contributed by atoms with Crippen LogP contribution in [0.5, 0.6) is 5.75 Å². The molecule has 4 atom stereocenters. The second-order valence-electron chi connectivity index (χ2n) is 11.9. The molecule has 2 aromatic carbocycles. The van der Waals surface area contributed by atoms with E-state index in [9.17, 15) is 5.11 Å². The lowest BCUT2D eigenvalue weighted by Gasteiger charge is -2.39. The van der Waals surface area contributed by atoms with Crippen molar-refractivity contribution in [3.63, 3.8) is 0 Å². The lowest BCUT2D eigenvalue weighted by atomic mass is 9.85. The number of hydrogen-bond acceptors (Lipinski definition) is 9. The Morgan fingerprint density at radius 3 is 2.50 bits per heavy atom. The van der Waals surface area contributed by atoms with Crippen molar-refractivity contribution in [3.8, 4) is 5.75 Å². The molecule has 0 bridgehead atoms. The highest BCUT2D eigenvalue weighted by atomic mass is 16.5. The van der Waals surface area contributed by atoms with Crippen LogP contribution in [0.3, 0.4) is 0 Å². The largest absolute Gasteiger partial charge is 0.490 e. The molecular weight excluding hydrogens is 536 g/mol. The van der Waals surface area contributed by atoms with Crippen molar-refractivity contribution in [1.29, 1.82) is 0 Å². The number of hydrogen-bond donors (Lipinski definition) is 2. The van der Waals surface area contributed by atoms with Crippen LogP contribution in [-0.4, -0.2) is 95.8 Å². The number of aliphatic hydroxyl groups excluding tert-OH is 1. The van der Waals surface area contributed by atoms with Gasteiger partial charge in [-0.25, -0.2) is 0 Å².